The van der Waals surface area contributed by atoms with Gasteiger partial charge >= 0.3 is 0 Å². The highest BCUT2D eigenvalue weighted by atomic mass is 16.7. The molecule has 0 aliphatic carbocycles. The number of ether oxygens (including phenoxy) is 2. The Labute approximate surface area is 167 Å². The molecule has 28 heavy (non-hydrogen) atoms. The van der Waals surface area contributed by atoms with E-state index in [-0.39, 0.29) is 18.7 Å². The number of amides is 1. The number of methoxy groups -OCH3 is 1. The third-order valence-electron chi connectivity index (χ3n) is 4.89. The summed E-state index contributed by atoms with van der Waals surface area (Å²) in [6.45, 7) is 3.00. The van der Waals surface area contributed by atoms with Crippen LogP contribution in [0.4, 0.5) is 0 Å². The van der Waals surface area contributed by atoms with E-state index in [2.05, 4.69) is 34.5 Å². The molecule has 1 heterocycles. The van der Waals surface area contributed by atoms with E-state index in [0.717, 1.165) is 24.4 Å². The zero-order valence-corrected chi connectivity index (χ0v) is 16.3. The lowest BCUT2D eigenvalue weighted by Crippen LogP contribution is -2.36. The SMILES string of the molecule is COCOc1ccc(/C=C/C(=O)NCC(c2ccccc2)N2CCCC2)cc1. The van der Waals surface area contributed by atoms with Gasteiger partial charge < -0.3 is 14.8 Å². The van der Waals surface area contributed by atoms with E-state index < -0.39 is 0 Å². The van der Waals surface area contributed by atoms with E-state index in [1.165, 1.54) is 18.4 Å². The molecule has 1 N–H and O–H groups in total. The van der Waals surface area contributed by atoms with E-state index in [1.807, 2.05) is 36.4 Å². The Morgan fingerprint density at radius 3 is 2.50 bits per heavy atom. The van der Waals surface area contributed by atoms with Gasteiger partial charge in [0.2, 0.25) is 5.91 Å². The predicted molar refractivity (Wildman–Crippen MR) is 111 cm³/mol. The van der Waals surface area contributed by atoms with E-state index in [1.54, 1.807) is 13.2 Å². The van der Waals surface area contributed by atoms with Crippen LogP contribution in [0, 0.1) is 0 Å². The summed E-state index contributed by atoms with van der Waals surface area (Å²) >= 11 is 0. The number of likely N-dealkylation sites (tertiary alicyclic amines) is 1. The van der Waals surface area contributed by atoms with Gasteiger partial charge in [0, 0.05) is 19.7 Å². The van der Waals surface area contributed by atoms with E-state index in [9.17, 15) is 4.79 Å². The molecule has 0 aromatic heterocycles. The molecular formula is C23H28N2O3. The molecular weight excluding hydrogens is 352 g/mol. The molecule has 0 spiro atoms. The van der Waals surface area contributed by atoms with Gasteiger partial charge in [-0.3, -0.25) is 9.69 Å². The largest absolute Gasteiger partial charge is 0.468 e. The van der Waals surface area contributed by atoms with Crippen molar-refractivity contribution in [2.24, 2.45) is 0 Å². The number of carbonyl (C=O) groups excluding carboxylic acids is 1. The van der Waals surface area contributed by atoms with Crippen molar-refractivity contribution in [3.05, 3.63) is 71.8 Å². The molecule has 3 rings (SSSR count). The first-order valence-electron chi connectivity index (χ1n) is 9.73. The van der Waals surface area contributed by atoms with Gasteiger partial charge in [-0.2, -0.15) is 0 Å². The second kappa shape index (κ2) is 10.6. The first kappa shape index (κ1) is 20.1. The Morgan fingerprint density at radius 1 is 1.11 bits per heavy atom. The zero-order valence-electron chi connectivity index (χ0n) is 16.3. The van der Waals surface area contributed by atoms with Crippen LogP contribution >= 0.6 is 0 Å². The van der Waals surface area contributed by atoms with Crippen molar-refractivity contribution in [2.75, 3.05) is 33.5 Å². The van der Waals surface area contributed by atoms with Gasteiger partial charge in [-0.05, 0) is 55.3 Å². The Balaban J connectivity index is 1.54. The van der Waals surface area contributed by atoms with Crippen LogP contribution in [0.3, 0.4) is 0 Å². The molecule has 0 saturated carbocycles. The third-order valence-corrected chi connectivity index (χ3v) is 4.89. The van der Waals surface area contributed by atoms with E-state index >= 15 is 0 Å². The van der Waals surface area contributed by atoms with Crippen molar-refractivity contribution in [1.29, 1.82) is 0 Å². The van der Waals surface area contributed by atoms with Gasteiger partial charge in [-0.25, -0.2) is 0 Å². The Kier molecular flexibility index (Phi) is 7.64. The lowest BCUT2D eigenvalue weighted by molar-refractivity contribution is -0.116. The molecule has 1 aliphatic heterocycles. The Morgan fingerprint density at radius 2 is 1.82 bits per heavy atom. The first-order valence-corrected chi connectivity index (χ1v) is 9.73. The maximum atomic E-state index is 12.3. The number of hydrogen-bond donors (Lipinski definition) is 1. The quantitative estimate of drug-likeness (QED) is 0.533. The summed E-state index contributed by atoms with van der Waals surface area (Å²) in [5, 5.41) is 3.06. The number of hydrogen-bond acceptors (Lipinski definition) is 4. The van der Waals surface area contributed by atoms with Crippen LogP contribution in [-0.4, -0.2) is 44.3 Å². The molecule has 148 valence electrons. The smallest absolute Gasteiger partial charge is 0.244 e. The minimum atomic E-state index is -0.0835. The number of carbonyl (C=O) groups is 1. The van der Waals surface area contributed by atoms with Crippen molar-refractivity contribution in [3.8, 4) is 5.75 Å². The predicted octanol–water partition coefficient (Wildman–Crippen LogP) is 3.64. The average Bonchev–Trinajstić information content (AvgIpc) is 3.27. The molecule has 1 saturated heterocycles. The molecule has 2 aromatic carbocycles. The lowest BCUT2D eigenvalue weighted by atomic mass is 10.1. The third kappa shape index (κ3) is 5.94. The molecule has 5 heteroatoms. The molecule has 5 nitrogen and oxygen atoms in total. The summed E-state index contributed by atoms with van der Waals surface area (Å²) < 4.78 is 10.2. The standard InChI is InChI=1S/C23H28N2O3/c1-27-18-28-21-12-9-19(10-13-21)11-14-23(26)24-17-22(25-15-5-6-16-25)20-7-3-2-4-8-20/h2-4,7-14,22H,5-6,15-18H2,1H3,(H,24,26)/b14-11+. The maximum absolute atomic E-state index is 12.3. The summed E-state index contributed by atoms with van der Waals surface area (Å²) in [5.74, 6) is 0.652. The zero-order chi connectivity index (χ0) is 19.6. The molecule has 0 radical (unpaired) electrons. The van der Waals surface area contributed by atoms with Gasteiger partial charge in [-0.1, -0.05) is 42.5 Å². The van der Waals surface area contributed by atoms with E-state index in [0.29, 0.717) is 6.54 Å². The second-order valence-corrected chi connectivity index (χ2v) is 6.87. The molecule has 2 aromatic rings. The number of rotatable bonds is 9. The van der Waals surface area contributed by atoms with Gasteiger partial charge in [0.15, 0.2) is 6.79 Å². The second-order valence-electron chi connectivity index (χ2n) is 6.87. The molecule has 1 fully saturated rings. The average molecular weight is 380 g/mol. The number of nitrogens with zero attached hydrogens (tertiary/aromatic N) is 1. The summed E-state index contributed by atoms with van der Waals surface area (Å²) in [4.78, 5) is 14.8. The summed E-state index contributed by atoms with van der Waals surface area (Å²) in [6.07, 6.45) is 5.84. The summed E-state index contributed by atoms with van der Waals surface area (Å²) in [6, 6.07) is 18.2. The Hall–Kier alpha value is -2.63. The maximum Gasteiger partial charge on any atom is 0.244 e. The van der Waals surface area contributed by atoms with Gasteiger partial charge in [0.05, 0.1) is 6.04 Å². The van der Waals surface area contributed by atoms with Gasteiger partial charge in [0.1, 0.15) is 5.75 Å². The van der Waals surface area contributed by atoms with Crippen molar-refractivity contribution in [1.82, 2.24) is 10.2 Å². The van der Waals surface area contributed by atoms with E-state index in [4.69, 9.17) is 9.47 Å². The van der Waals surface area contributed by atoms with Crippen molar-refractivity contribution in [3.63, 3.8) is 0 Å². The summed E-state index contributed by atoms with van der Waals surface area (Å²) in [5.41, 5.74) is 2.19. The number of nitrogens with one attached hydrogen (secondary N) is 1. The first-order chi connectivity index (χ1) is 13.8. The molecule has 1 aliphatic rings. The van der Waals surface area contributed by atoms with Crippen LogP contribution in [0.1, 0.15) is 30.0 Å². The van der Waals surface area contributed by atoms with Crippen LogP contribution < -0.4 is 10.1 Å². The fourth-order valence-corrected chi connectivity index (χ4v) is 3.42. The van der Waals surface area contributed by atoms with Crippen molar-refractivity contribution in [2.45, 2.75) is 18.9 Å². The molecule has 0 bridgehead atoms. The van der Waals surface area contributed by atoms with Crippen LogP contribution in [0.5, 0.6) is 5.75 Å². The fraction of sp³-hybridized carbons (Fsp3) is 0.348. The van der Waals surface area contributed by atoms with Crippen molar-refractivity contribution < 1.29 is 14.3 Å². The van der Waals surface area contributed by atoms with Crippen LogP contribution in [0.15, 0.2) is 60.7 Å². The highest BCUT2D eigenvalue weighted by Crippen LogP contribution is 2.24. The van der Waals surface area contributed by atoms with Gasteiger partial charge in [-0.15, -0.1) is 0 Å². The van der Waals surface area contributed by atoms with Crippen LogP contribution in [0.2, 0.25) is 0 Å². The fourth-order valence-electron chi connectivity index (χ4n) is 3.42. The Bertz CT molecular complexity index is 753. The monoisotopic (exact) mass is 380 g/mol. The van der Waals surface area contributed by atoms with Crippen molar-refractivity contribution >= 4 is 12.0 Å². The molecule has 1 atom stereocenters. The minimum Gasteiger partial charge on any atom is -0.468 e. The topological polar surface area (TPSA) is 50.8 Å². The number of benzene rings is 2. The highest BCUT2D eigenvalue weighted by Gasteiger charge is 2.23. The van der Waals surface area contributed by atoms with Crippen LogP contribution in [-0.2, 0) is 9.53 Å². The minimum absolute atomic E-state index is 0.0835. The lowest BCUT2D eigenvalue weighted by Gasteiger charge is -2.28. The van der Waals surface area contributed by atoms with Gasteiger partial charge in [0.25, 0.3) is 0 Å². The highest BCUT2D eigenvalue weighted by molar-refractivity contribution is 5.91. The summed E-state index contributed by atoms with van der Waals surface area (Å²) in [7, 11) is 1.59. The normalized spacial score (nSPS) is 15.6. The van der Waals surface area contributed by atoms with Crippen LogP contribution in [0.25, 0.3) is 6.08 Å². The molecule has 1 unspecified atom stereocenters. The molecule has 1 amide bonds.